The first-order chi connectivity index (χ1) is 12.9. The first-order valence-corrected chi connectivity index (χ1v) is 9.54. The Morgan fingerprint density at radius 2 is 2.07 bits per heavy atom. The smallest absolute Gasteiger partial charge is 0.369 e. The summed E-state index contributed by atoms with van der Waals surface area (Å²) in [6.45, 7) is 0.546. The van der Waals surface area contributed by atoms with Gasteiger partial charge in [-0.2, -0.15) is 13.2 Å². The number of hydrogen-bond donors (Lipinski definition) is 0. The van der Waals surface area contributed by atoms with Gasteiger partial charge in [-0.05, 0) is 42.1 Å². The second-order valence-corrected chi connectivity index (χ2v) is 7.84. The van der Waals surface area contributed by atoms with Gasteiger partial charge in [-0.25, -0.2) is 0 Å². The second kappa shape index (κ2) is 6.87. The molecule has 0 radical (unpaired) electrons. The average Bonchev–Trinajstić information content (AvgIpc) is 3.34. The number of halogens is 3. The molecule has 1 aliphatic carbocycles. The van der Waals surface area contributed by atoms with E-state index >= 15 is 0 Å². The molecule has 1 aliphatic heterocycles. The number of hydrogen-bond acceptors (Lipinski definition) is 5. The molecule has 144 valence electrons. The Hall–Kier alpha value is -2.00. The minimum absolute atomic E-state index is 0.174. The highest BCUT2D eigenvalue weighted by molar-refractivity contribution is 7.07. The van der Waals surface area contributed by atoms with E-state index in [0.717, 1.165) is 49.3 Å². The van der Waals surface area contributed by atoms with Gasteiger partial charge in [0.1, 0.15) is 11.0 Å². The molecule has 0 unspecified atom stereocenters. The highest BCUT2D eigenvalue weighted by Gasteiger charge is 2.47. The zero-order valence-electron chi connectivity index (χ0n) is 14.4. The molecule has 1 saturated heterocycles. The summed E-state index contributed by atoms with van der Waals surface area (Å²) in [6.07, 6.45) is 0.0971. The normalized spacial score (nSPS) is 22.3. The van der Waals surface area contributed by atoms with Crippen molar-refractivity contribution in [2.24, 2.45) is 0 Å². The summed E-state index contributed by atoms with van der Waals surface area (Å²) >= 11 is 1.03. The Labute approximate surface area is 158 Å². The van der Waals surface area contributed by atoms with Crippen LogP contribution in [-0.4, -0.2) is 39.1 Å². The van der Waals surface area contributed by atoms with Crippen molar-refractivity contribution < 1.29 is 22.7 Å². The van der Waals surface area contributed by atoms with Gasteiger partial charge < -0.3 is 9.64 Å². The lowest BCUT2D eigenvalue weighted by Crippen LogP contribution is -2.58. The van der Waals surface area contributed by atoms with E-state index in [4.69, 9.17) is 4.74 Å². The predicted octanol–water partition coefficient (Wildman–Crippen LogP) is 4.08. The van der Waals surface area contributed by atoms with Crippen LogP contribution in [-0.2, 0) is 10.9 Å². The van der Waals surface area contributed by atoms with Gasteiger partial charge >= 0.3 is 6.18 Å². The third kappa shape index (κ3) is 3.45. The molecule has 1 spiro atoms. The first-order valence-electron chi connectivity index (χ1n) is 8.77. The van der Waals surface area contributed by atoms with Gasteiger partial charge in [0.25, 0.3) is 5.91 Å². The lowest BCUT2D eigenvalue weighted by atomic mass is 9.91. The molecule has 2 aliphatic rings. The Kier molecular flexibility index (Phi) is 4.67. The fourth-order valence-corrected chi connectivity index (χ4v) is 4.47. The predicted molar refractivity (Wildman–Crippen MR) is 92.3 cm³/mol. The number of carbonyl (C=O) groups is 1. The minimum Gasteiger partial charge on any atom is -0.369 e. The maximum absolute atomic E-state index is 13.0. The zero-order valence-corrected chi connectivity index (χ0v) is 15.2. The summed E-state index contributed by atoms with van der Waals surface area (Å²) in [5, 5.41) is 3.73. The summed E-state index contributed by atoms with van der Waals surface area (Å²) in [4.78, 5) is 15.3. The van der Waals surface area contributed by atoms with Gasteiger partial charge in [0.05, 0.1) is 30.5 Å². The van der Waals surface area contributed by atoms with Crippen LogP contribution in [0.3, 0.4) is 0 Å². The number of nitrogens with zero attached hydrogens (tertiary/aromatic N) is 3. The van der Waals surface area contributed by atoms with E-state index in [-0.39, 0.29) is 18.0 Å². The van der Waals surface area contributed by atoms with Crippen molar-refractivity contribution >= 4 is 17.4 Å². The third-order valence-electron chi connectivity index (χ3n) is 5.41. The Balaban J connectivity index is 1.63. The molecule has 1 atom stereocenters. The summed E-state index contributed by atoms with van der Waals surface area (Å²) < 4.78 is 48.9. The van der Waals surface area contributed by atoms with E-state index in [9.17, 15) is 18.0 Å². The van der Waals surface area contributed by atoms with Crippen molar-refractivity contribution in [1.29, 1.82) is 0 Å². The van der Waals surface area contributed by atoms with Gasteiger partial charge in [0.15, 0.2) is 0 Å². The quantitative estimate of drug-likeness (QED) is 0.766. The lowest BCUT2D eigenvalue weighted by Gasteiger charge is -2.47. The van der Waals surface area contributed by atoms with Crippen LogP contribution in [0.4, 0.5) is 13.2 Å². The molecule has 0 N–H and O–H groups in total. The zero-order chi connectivity index (χ0) is 19.1. The van der Waals surface area contributed by atoms with Crippen molar-refractivity contribution in [3.63, 3.8) is 0 Å². The molecule has 1 aromatic heterocycles. The molecule has 4 rings (SSSR count). The van der Waals surface area contributed by atoms with E-state index in [1.54, 1.807) is 11.0 Å². The molecular weight excluding hydrogens is 379 g/mol. The Morgan fingerprint density at radius 3 is 2.74 bits per heavy atom. The molecule has 2 fully saturated rings. The van der Waals surface area contributed by atoms with Gasteiger partial charge in [0, 0.05) is 0 Å². The number of ether oxygens (including phenoxy) is 1. The van der Waals surface area contributed by atoms with Crippen LogP contribution in [0.15, 0.2) is 30.5 Å². The topological polar surface area (TPSA) is 55.3 Å². The van der Waals surface area contributed by atoms with Crippen molar-refractivity contribution in [3.8, 4) is 0 Å². The highest BCUT2D eigenvalue weighted by Crippen LogP contribution is 2.42. The largest absolute Gasteiger partial charge is 0.416 e. The standard InChI is InChI=1S/C18H18F3N3O2S/c19-18(20,21)13-5-3-4-12(8-13)14-10-24(16(25)15-9-22-23-27-15)17(11-26-14)6-1-2-7-17/h3-5,8-9,14H,1-2,6-7,10-11H2/t14-/m1/s1. The van der Waals surface area contributed by atoms with E-state index in [1.165, 1.54) is 12.3 Å². The summed E-state index contributed by atoms with van der Waals surface area (Å²) in [5.41, 5.74) is -0.675. The van der Waals surface area contributed by atoms with Gasteiger partial charge in [-0.15, -0.1) is 5.10 Å². The van der Waals surface area contributed by atoms with Crippen molar-refractivity contribution in [2.45, 2.75) is 43.5 Å². The SMILES string of the molecule is O=C(c1cnns1)N1C[C@H](c2cccc(C(F)(F)F)c2)OCC12CCCC2. The fraction of sp³-hybridized carbons (Fsp3) is 0.500. The Bertz CT molecular complexity index is 820. The summed E-state index contributed by atoms with van der Waals surface area (Å²) in [5.74, 6) is -0.174. The number of aromatic nitrogens is 2. The molecule has 2 heterocycles. The molecular formula is C18H18F3N3O2S. The van der Waals surface area contributed by atoms with Crippen LogP contribution in [0.5, 0.6) is 0 Å². The average molecular weight is 397 g/mol. The van der Waals surface area contributed by atoms with E-state index < -0.39 is 17.8 Å². The number of morpholine rings is 1. The number of carbonyl (C=O) groups excluding carboxylic acids is 1. The van der Waals surface area contributed by atoms with Crippen LogP contribution < -0.4 is 0 Å². The first kappa shape index (κ1) is 18.4. The molecule has 1 amide bonds. The lowest BCUT2D eigenvalue weighted by molar-refractivity contribution is -0.138. The van der Waals surface area contributed by atoms with Gasteiger partial charge in [0.2, 0.25) is 0 Å². The molecule has 5 nitrogen and oxygen atoms in total. The maximum atomic E-state index is 13.0. The van der Waals surface area contributed by atoms with Crippen LogP contribution in [0, 0.1) is 0 Å². The van der Waals surface area contributed by atoms with E-state index in [0.29, 0.717) is 17.0 Å². The highest BCUT2D eigenvalue weighted by atomic mass is 32.1. The fourth-order valence-electron chi connectivity index (χ4n) is 4.00. The van der Waals surface area contributed by atoms with Crippen molar-refractivity contribution in [1.82, 2.24) is 14.5 Å². The van der Waals surface area contributed by atoms with E-state index in [2.05, 4.69) is 9.59 Å². The van der Waals surface area contributed by atoms with Crippen LogP contribution in [0.25, 0.3) is 0 Å². The molecule has 0 bridgehead atoms. The minimum atomic E-state index is -4.42. The third-order valence-corrected chi connectivity index (χ3v) is 6.06. The van der Waals surface area contributed by atoms with Crippen LogP contribution >= 0.6 is 11.5 Å². The van der Waals surface area contributed by atoms with Gasteiger partial charge in [-0.1, -0.05) is 29.5 Å². The summed E-state index contributed by atoms with van der Waals surface area (Å²) in [6, 6.07) is 5.13. The molecule has 9 heteroatoms. The number of amides is 1. The molecule has 27 heavy (non-hydrogen) atoms. The van der Waals surface area contributed by atoms with E-state index in [1.807, 2.05) is 0 Å². The Morgan fingerprint density at radius 1 is 1.30 bits per heavy atom. The monoisotopic (exact) mass is 397 g/mol. The van der Waals surface area contributed by atoms with Crippen molar-refractivity contribution in [2.75, 3.05) is 13.2 Å². The molecule has 1 aromatic carbocycles. The summed E-state index contributed by atoms with van der Waals surface area (Å²) in [7, 11) is 0. The number of rotatable bonds is 2. The number of alkyl halides is 3. The molecule has 1 saturated carbocycles. The van der Waals surface area contributed by atoms with Crippen LogP contribution in [0.1, 0.15) is 52.6 Å². The second-order valence-electron chi connectivity index (χ2n) is 7.05. The van der Waals surface area contributed by atoms with Crippen molar-refractivity contribution in [3.05, 3.63) is 46.5 Å². The van der Waals surface area contributed by atoms with Gasteiger partial charge in [-0.3, -0.25) is 4.79 Å². The molecule has 2 aromatic rings. The number of benzene rings is 1. The maximum Gasteiger partial charge on any atom is 0.416 e. The van der Waals surface area contributed by atoms with Crippen LogP contribution in [0.2, 0.25) is 0 Å².